The summed E-state index contributed by atoms with van der Waals surface area (Å²) >= 11 is 1.59. The molecule has 0 saturated heterocycles. The van der Waals surface area contributed by atoms with E-state index in [1.54, 1.807) is 29.5 Å². The minimum Gasteiger partial charge on any atom is -0.388 e. The van der Waals surface area contributed by atoms with Gasteiger partial charge in [0.25, 0.3) is 0 Å². The molecule has 1 aromatic heterocycles. The van der Waals surface area contributed by atoms with Crippen LogP contribution in [0.4, 0.5) is 4.39 Å². The van der Waals surface area contributed by atoms with E-state index in [2.05, 4.69) is 0 Å². The number of thiophene rings is 1. The molecule has 0 aliphatic carbocycles. The Hall–Kier alpha value is -1.19. The van der Waals surface area contributed by atoms with Crippen molar-refractivity contribution >= 4 is 11.3 Å². The Morgan fingerprint density at radius 2 is 2.06 bits per heavy atom. The first-order valence-electron chi connectivity index (χ1n) is 5.14. The first-order valence-corrected chi connectivity index (χ1v) is 6.02. The minimum atomic E-state index is -0.622. The number of aliphatic hydroxyl groups is 1. The Kier molecular flexibility index (Phi) is 3.36. The van der Waals surface area contributed by atoms with Crippen molar-refractivity contribution in [2.24, 2.45) is 0 Å². The summed E-state index contributed by atoms with van der Waals surface area (Å²) in [6.45, 7) is 1.96. The smallest absolute Gasteiger partial charge is 0.126 e. The van der Waals surface area contributed by atoms with Crippen molar-refractivity contribution in [2.45, 2.75) is 19.4 Å². The maximum absolute atomic E-state index is 13.4. The Labute approximate surface area is 98.2 Å². The Morgan fingerprint density at radius 1 is 1.31 bits per heavy atom. The molecule has 1 unspecified atom stereocenters. The number of rotatable bonds is 3. The number of hydrogen-bond acceptors (Lipinski definition) is 2. The zero-order valence-electron chi connectivity index (χ0n) is 8.98. The third-order valence-corrected chi connectivity index (χ3v) is 3.49. The molecule has 3 heteroatoms. The number of hydrogen-bond donors (Lipinski definition) is 1. The second kappa shape index (κ2) is 4.76. The molecule has 0 spiro atoms. The summed E-state index contributed by atoms with van der Waals surface area (Å²) in [7, 11) is 0. The van der Waals surface area contributed by atoms with Crippen molar-refractivity contribution in [1.82, 2.24) is 0 Å². The molecule has 0 saturated carbocycles. The van der Waals surface area contributed by atoms with Crippen molar-refractivity contribution in [2.75, 3.05) is 0 Å². The van der Waals surface area contributed by atoms with Gasteiger partial charge in [0.1, 0.15) is 5.82 Å². The van der Waals surface area contributed by atoms with Crippen molar-refractivity contribution < 1.29 is 9.50 Å². The third kappa shape index (κ3) is 2.31. The first kappa shape index (κ1) is 11.3. The fraction of sp³-hybridized carbons (Fsp3) is 0.231. The zero-order valence-corrected chi connectivity index (χ0v) is 9.80. The van der Waals surface area contributed by atoms with Gasteiger partial charge in [-0.15, -0.1) is 11.3 Å². The van der Waals surface area contributed by atoms with Crippen LogP contribution in [0, 0.1) is 12.7 Å². The van der Waals surface area contributed by atoms with Gasteiger partial charge < -0.3 is 5.11 Å². The van der Waals surface area contributed by atoms with Crippen LogP contribution in [0.1, 0.15) is 22.1 Å². The van der Waals surface area contributed by atoms with E-state index in [1.807, 2.05) is 18.4 Å². The van der Waals surface area contributed by atoms with Gasteiger partial charge in [0.15, 0.2) is 0 Å². The molecule has 0 bridgehead atoms. The lowest BCUT2D eigenvalue weighted by molar-refractivity contribution is 0.177. The zero-order chi connectivity index (χ0) is 11.5. The van der Waals surface area contributed by atoms with Gasteiger partial charge in [-0.05, 0) is 35.6 Å². The van der Waals surface area contributed by atoms with Crippen molar-refractivity contribution in [1.29, 1.82) is 0 Å². The van der Waals surface area contributed by atoms with Crippen LogP contribution in [0.25, 0.3) is 0 Å². The van der Waals surface area contributed by atoms with E-state index in [4.69, 9.17) is 0 Å². The topological polar surface area (TPSA) is 20.2 Å². The van der Waals surface area contributed by atoms with E-state index in [1.165, 1.54) is 6.07 Å². The maximum atomic E-state index is 13.4. The molecule has 0 amide bonds. The van der Waals surface area contributed by atoms with Gasteiger partial charge in [0.2, 0.25) is 0 Å². The molecule has 0 aliphatic heterocycles. The van der Waals surface area contributed by atoms with Crippen LogP contribution in [-0.2, 0) is 6.42 Å². The molecule has 1 atom stereocenters. The molecule has 2 aromatic rings. The molecule has 0 radical (unpaired) electrons. The largest absolute Gasteiger partial charge is 0.388 e. The van der Waals surface area contributed by atoms with Gasteiger partial charge in [0, 0.05) is 11.3 Å². The molecule has 1 N–H and O–H groups in total. The van der Waals surface area contributed by atoms with Crippen LogP contribution < -0.4 is 0 Å². The highest BCUT2D eigenvalue weighted by Gasteiger charge is 2.13. The van der Waals surface area contributed by atoms with Crippen LogP contribution in [0.2, 0.25) is 0 Å². The highest BCUT2D eigenvalue weighted by molar-refractivity contribution is 7.10. The lowest BCUT2D eigenvalue weighted by Gasteiger charge is -2.11. The van der Waals surface area contributed by atoms with Crippen molar-refractivity contribution in [3.63, 3.8) is 0 Å². The van der Waals surface area contributed by atoms with Crippen molar-refractivity contribution in [3.05, 3.63) is 57.5 Å². The Morgan fingerprint density at radius 3 is 2.69 bits per heavy atom. The third-order valence-electron chi connectivity index (χ3n) is 2.63. The van der Waals surface area contributed by atoms with E-state index in [0.29, 0.717) is 12.0 Å². The van der Waals surface area contributed by atoms with Gasteiger partial charge in [-0.3, -0.25) is 0 Å². The number of aliphatic hydroxyl groups excluding tert-OH is 1. The van der Waals surface area contributed by atoms with E-state index in [0.717, 1.165) is 10.4 Å². The summed E-state index contributed by atoms with van der Waals surface area (Å²) in [6, 6.07) is 8.46. The van der Waals surface area contributed by atoms with Crippen LogP contribution in [0.15, 0.2) is 35.7 Å². The summed E-state index contributed by atoms with van der Waals surface area (Å²) in [5.41, 5.74) is 1.45. The highest BCUT2D eigenvalue weighted by Crippen LogP contribution is 2.25. The number of benzene rings is 1. The van der Waals surface area contributed by atoms with Gasteiger partial charge in [-0.2, -0.15) is 0 Å². The number of aryl methyl sites for hydroxylation is 1. The second-order valence-corrected chi connectivity index (χ2v) is 4.86. The molecular formula is C13H13FOS. The predicted molar refractivity (Wildman–Crippen MR) is 64.1 cm³/mol. The fourth-order valence-corrected chi connectivity index (χ4v) is 2.48. The van der Waals surface area contributed by atoms with Crippen molar-refractivity contribution in [3.8, 4) is 0 Å². The van der Waals surface area contributed by atoms with Gasteiger partial charge in [-0.25, -0.2) is 4.39 Å². The fourth-order valence-electron chi connectivity index (χ4n) is 1.72. The summed E-state index contributed by atoms with van der Waals surface area (Å²) in [5.74, 6) is -0.255. The molecule has 1 aromatic carbocycles. The summed E-state index contributed by atoms with van der Waals surface area (Å²) in [6.07, 6.45) is -0.298. The lowest BCUT2D eigenvalue weighted by Crippen LogP contribution is -2.03. The van der Waals surface area contributed by atoms with Gasteiger partial charge in [0.05, 0.1) is 6.10 Å². The van der Waals surface area contributed by atoms with Gasteiger partial charge in [-0.1, -0.05) is 18.2 Å². The van der Waals surface area contributed by atoms with Crippen LogP contribution >= 0.6 is 11.3 Å². The minimum absolute atomic E-state index is 0.255. The van der Waals surface area contributed by atoms with Crippen LogP contribution in [0.5, 0.6) is 0 Å². The molecule has 16 heavy (non-hydrogen) atoms. The monoisotopic (exact) mass is 236 g/mol. The SMILES string of the molecule is Cc1sccc1C(O)Cc1ccccc1F. The van der Waals surface area contributed by atoms with Crippen LogP contribution in [0.3, 0.4) is 0 Å². The molecule has 0 fully saturated rings. The first-order chi connectivity index (χ1) is 7.68. The van der Waals surface area contributed by atoms with Crippen LogP contribution in [-0.4, -0.2) is 5.11 Å². The standard InChI is InChI=1S/C13H13FOS/c1-9-11(6-7-16-9)13(15)8-10-4-2-3-5-12(10)14/h2-7,13,15H,8H2,1H3. The van der Waals surface area contributed by atoms with E-state index >= 15 is 0 Å². The average molecular weight is 236 g/mol. The maximum Gasteiger partial charge on any atom is 0.126 e. The average Bonchev–Trinajstić information content (AvgIpc) is 2.68. The summed E-state index contributed by atoms with van der Waals surface area (Å²) in [5, 5.41) is 11.9. The molecule has 1 heterocycles. The summed E-state index contributed by atoms with van der Waals surface area (Å²) in [4.78, 5) is 1.09. The molecule has 84 valence electrons. The Bertz CT molecular complexity index is 478. The normalized spacial score (nSPS) is 12.7. The van der Waals surface area contributed by atoms with E-state index in [-0.39, 0.29) is 5.82 Å². The molecule has 0 aliphatic rings. The quantitative estimate of drug-likeness (QED) is 0.865. The van der Waals surface area contributed by atoms with E-state index < -0.39 is 6.10 Å². The predicted octanol–water partition coefficient (Wildman–Crippen LogP) is 3.47. The highest BCUT2D eigenvalue weighted by atomic mass is 32.1. The van der Waals surface area contributed by atoms with Gasteiger partial charge >= 0.3 is 0 Å². The Balaban J connectivity index is 2.17. The van der Waals surface area contributed by atoms with E-state index in [9.17, 15) is 9.50 Å². The number of halogens is 1. The molecular weight excluding hydrogens is 223 g/mol. The lowest BCUT2D eigenvalue weighted by atomic mass is 10.0. The second-order valence-electron chi connectivity index (χ2n) is 3.74. The molecule has 2 rings (SSSR count). The molecule has 1 nitrogen and oxygen atoms in total. The summed E-state index contributed by atoms with van der Waals surface area (Å²) < 4.78 is 13.4.